The molecule has 1 aliphatic heterocycles. The average molecular weight is 264 g/mol. The maximum Gasteiger partial charge on any atom is 0.411 e. The number of carbonyl (C=O) groups is 1. The van der Waals surface area contributed by atoms with E-state index >= 15 is 0 Å². The molecule has 0 aromatic rings. The molecule has 0 bridgehead atoms. The highest BCUT2D eigenvalue weighted by Gasteiger charge is 2.45. The van der Waals surface area contributed by atoms with Crippen molar-refractivity contribution in [1.29, 1.82) is 0 Å². The summed E-state index contributed by atoms with van der Waals surface area (Å²) in [5, 5.41) is 37.5. The summed E-state index contributed by atoms with van der Waals surface area (Å²) in [6.45, 7) is 3.04. The lowest BCUT2D eigenvalue weighted by Gasteiger charge is -2.39. The van der Waals surface area contributed by atoms with Crippen molar-refractivity contribution in [3.63, 3.8) is 0 Å². The van der Waals surface area contributed by atoms with Crippen LogP contribution in [0, 0.1) is 6.92 Å². The Morgan fingerprint density at radius 2 is 1.94 bits per heavy atom. The summed E-state index contributed by atoms with van der Waals surface area (Å²) in [6, 6.07) is 0. The summed E-state index contributed by atoms with van der Waals surface area (Å²) in [4.78, 5) is 12.6. The quantitative estimate of drug-likeness (QED) is 0.452. The molecule has 8 nitrogen and oxygen atoms in total. The van der Waals surface area contributed by atoms with Crippen LogP contribution in [0.25, 0.3) is 0 Å². The van der Waals surface area contributed by atoms with Crippen molar-refractivity contribution in [3.05, 3.63) is 6.92 Å². The topological polar surface area (TPSA) is 120 Å². The molecule has 4 N–H and O–H groups in total. The first-order valence-electron chi connectivity index (χ1n) is 5.43. The third-order valence-corrected chi connectivity index (χ3v) is 2.71. The van der Waals surface area contributed by atoms with E-state index < -0.39 is 43.4 Å². The Labute approximate surface area is 104 Å². The third kappa shape index (κ3) is 3.09. The summed E-state index contributed by atoms with van der Waals surface area (Å²) < 4.78 is 9.80. The number of nitrogens with zero attached hydrogens (tertiary/aromatic N) is 1. The van der Waals surface area contributed by atoms with Crippen LogP contribution in [0.4, 0.5) is 4.79 Å². The van der Waals surface area contributed by atoms with E-state index in [-0.39, 0.29) is 6.54 Å². The summed E-state index contributed by atoms with van der Waals surface area (Å²) >= 11 is 0. The van der Waals surface area contributed by atoms with E-state index in [1.807, 2.05) is 0 Å². The van der Waals surface area contributed by atoms with Crippen LogP contribution in [-0.4, -0.2) is 82.3 Å². The molecule has 1 aliphatic rings. The summed E-state index contributed by atoms with van der Waals surface area (Å²) in [6.07, 6.45) is -8.00. The van der Waals surface area contributed by atoms with Gasteiger partial charge in [0.2, 0.25) is 6.29 Å². The van der Waals surface area contributed by atoms with Gasteiger partial charge in [-0.3, -0.25) is 0 Å². The zero-order valence-electron chi connectivity index (χ0n) is 9.97. The van der Waals surface area contributed by atoms with E-state index in [0.717, 1.165) is 4.90 Å². The maximum atomic E-state index is 11.4. The molecule has 0 aromatic carbocycles. The molecule has 0 aliphatic carbocycles. The molecule has 1 fully saturated rings. The Balaban J connectivity index is 2.67. The SMILES string of the molecule is [CH2]CN(C)C(=O)OC1O[C@H](CO)[C@@H](O)[C@H](O)[C@H]1O. The van der Waals surface area contributed by atoms with Crippen LogP contribution < -0.4 is 0 Å². The Morgan fingerprint density at radius 1 is 1.33 bits per heavy atom. The molecule has 8 heteroatoms. The Hall–Kier alpha value is -0.930. The molecule has 0 saturated carbocycles. The van der Waals surface area contributed by atoms with E-state index in [0.29, 0.717) is 0 Å². The van der Waals surface area contributed by atoms with Gasteiger partial charge in [-0.25, -0.2) is 4.79 Å². The van der Waals surface area contributed by atoms with Gasteiger partial charge in [0.15, 0.2) is 0 Å². The Kier molecular flexibility index (Phi) is 5.29. The van der Waals surface area contributed by atoms with Crippen molar-refractivity contribution in [2.75, 3.05) is 20.2 Å². The maximum absolute atomic E-state index is 11.4. The number of aliphatic hydroxyl groups is 4. The highest BCUT2D eigenvalue weighted by Crippen LogP contribution is 2.22. The van der Waals surface area contributed by atoms with Crippen molar-refractivity contribution < 1.29 is 34.7 Å². The van der Waals surface area contributed by atoms with Gasteiger partial charge in [-0.1, -0.05) is 0 Å². The molecule has 18 heavy (non-hydrogen) atoms. The molecule has 1 saturated heterocycles. The number of aliphatic hydroxyl groups excluding tert-OH is 4. The van der Waals surface area contributed by atoms with Crippen molar-refractivity contribution in [1.82, 2.24) is 4.90 Å². The number of carbonyl (C=O) groups excluding carboxylic acids is 1. The van der Waals surface area contributed by atoms with Gasteiger partial charge in [0, 0.05) is 13.6 Å². The predicted octanol–water partition coefficient (Wildman–Crippen LogP) is -2.31. The summed E-state index contributed by atoms with van der Waals surface area (Å²) in [7, 11) is 1.43. The first-order valence-corrected chi connectivity index (χ1v) is 5.43. The lowest BCUT2D eigenvalue weighted by molar-refractivity contribution is -0.286. The fraction of sp³-hybridized carbons (Fsp3) is 0.800. The fourth-order valence-electron chi connectivity index (χ4n) is 1.45. The molecule has 1 radical (unpaired) electrons. The molecule has 1 rings (SSSR count). The van der Waals surface area contributed by atoms with Crippen LogP contribution in [0.1, 0.15) is 0 Å². The Morgan fingerprint density at radius 3 is 2.44 bits per heavy atom. The number of rotatable bonds is 3. The average Bonchev–Trinajstić information content (AvgIpc) is 2.38. The number of amides is 1. The van der Waals surface area contributed by atoms with Crippen molar-refractivity contribution in [3.8, 4) is 0 Å². The number of ether oxygens (including phenoxy) is 2. The van der Waals surface area contributed by atoms with Gasteiger partial charge in [0.05, 0.1) is 6.61 Å². The van der Waals surface area contributed by atoms with Gasteiger partial charge in [0.1, 0.15) is 24.4 Å². The molecule has 5 atom stereocenters. The lowest BCUT2D eigenvalue weighted by Crippen LogP contribution is -2.59. The zero-order chi connectivity index (χ0) is 13.9. The monoisotopic (exact) mass is 264 g/mol. The van der Waals surface area contributed by atoms with E-state index in [1.54, 1.807) is 0 Å². The fourth-order valence-corrected chi connectivity index (χ4v) is 1.45. The first-order chi connectivity index (χ1) is 8.42. The van der Waals surface area contributed by atoms with E-state index in [1.165, 1.54) is 7.05 Å². The van der Waals surface area contributed by atoms with Gasteiger partial charge < -0.3 is 34.8 Å². The molecular weight excluding hydrogens is 246 g/mol. The number of hydrogen-bond donors (Lipinski definition) is 4. The third-order valence-electron chi connectivity index (χ3n) is 2.71. The molecule has 1 unspecified atom stereocenters. The molecule has 1 amide bonds. The Bertz CT molecular complexity index is 285. The molecule has 0 spiro atoms. The molecule has 1 heterocycles. The second-order valence-electron chi connectivity index (χ2n) is 4.00. The van der Waals surface area contributed by atoms with E-state index in [2.05, 4.69) is 6.92 Å². The number of hydrogen-bond acceptors (Lipinski definition) is 7. The normalized spacial score (nSPS) is 36.2. The van der Waals surface area contributed by atoms with Crippen LogP contribution >= 0.6 is 0 Å². The van der Waals surface area contributed by atoms with E-state index in [9.17, 15) is 20.1 Å². The van der Waals surface area contributed by atoms with Gasteiger partial charge >= 0.3 is 6.09 Å². The highest BCUT2D eigenvalue weighted by molar-refractivity contribution is 5.67. The van der Waals surface area contributed by atoms with Gasteiger partial charge in [-0.2, -0.15) is 0 Å². The zero-order valence-corrected chi connectivity index (χ0v) is 9.97. The highest BCUT2D eigenvalue weighted by atomic mass is 16.7. The molecular formula is C10H18NO7. The minimum atomic E-state index is -1.59. The van der Waals surface area contributed by atoms with Gasteiger partial charge in [-0.15, -0.1) is 0 Å². The smallest absolute Gasteiger partial charge is 0.411 e. The molecule has 105 valence electrons. The van der Waals surface area contributed by atoms with Crippen LogP contribution in [0.15, 0.2) is 0 Å². The second kappa shape index (κ2) is 6.30. The minimum Gasteiger partial charge on any atom is -0.416 e. The first kappa shape index (κ1) is 15.1. The van der Waals surface area contributed by atoms with Crippen LogP contribution in [0.2, 0.25) is 0 Å². The van der Waals surface area contributed by atoms with Crippen molar-refractivity contribution in [2.45, 2.75) is 30.7 Å². The van der Waals surface area contributed by atoms with Gasteiger partial charge in [0.25, 0.3) is 0 Å². The van der Waals surface area contributed by atoms with Crippen LogP contribution in [-0.2, 0) is 9.47 Å². The minimum absolute atomic E-state index is 0.149. The standard InChI is InChI=1S/C10H18NO7/c1-3-11(2)10(16)18-9-8(15)7(14)6(13)5(4-12)17-9/h5-9,12-15H,1,3-4H2,2H3/t5-,6-,7+,8-,9?/m1/s1. The van der Waals surface area contributed by atoms with Crippen molar-refractivity contribution >= 4 is 6.09 Å². The van der Waals surface area contributed by atoms with E-state index in [4.69, 9.17) is 14.6 Å². The molecule has 0 aromatic heterocycles. The summed E-state index contributed by atoms with van der Waals surface area (Å²) in [5.74, 6) is 0. The lowest BCUT2D eigenvalue weighted by atomic mass is 9.99. The second-order valence-corrected chi connectivity index (χ2v) is 4.00. The largest absolute Gasteiger partial charge is 0.416 e. The van der Waals surface area contributed by atoms with Crippen LogP contribution in [0.5, 0.6) is 0 Å². The van der Waals surface area contributed by atoms with Gasteiger partial charge in [-0.05, 0) is 6.92 Å². The van der Waals surface area contributed by atoms with Crippen LogP contribution in [0.3, 0.4) is 0 Å². The summed E-state index contributed by atoms with van der Waals surface area (Å²) in [5.41, 5.74) is 0. The van der Waals surface area contributed by atoms with Crippen molar-refractivity contribution in [2.24, 2.45) is 0 Å². The predicted molar refractivity (Wildman–Crippen MR) is 58.2 cm³/mol.